The fraction of sp³-hybridized carbons (Fsp3) is 0.672. The number of aliphatic hydroxyl groups is 1. The summed E-state index contributed by atoms with van der Waals surface area (Å²) in [5.41, 5.74) is 0.119. The smallest absolute Gasteiger partial charge is 0.409 e. The number of epoxide rings is 1. The third-order valence-corrected chi connectivity index (χ3v) is 18.1. The maximum Gasteiger partial charge on any atom is 0.409 e. The van der Waals surface area contributed by atoms with E-state index in [4.69, 9.17) is 25.8 Å². The van der Waals surface area contributed by atoms with Crippen molar-refractivity contribution in [1.29, 1.82) is 0 Å². The number of carboxylic acids is 1. The highest BCUT2D eigenvalue weighted by Crippen LogP contribution is 2.49. The monoisotopic (exact) mass is 1140 g/mol. The molecule has 4 aliphatic rings. The number of anilines is 1. The summed E-state index contributed by atoms with van der Waals surface area (Å²) in [6.07, 6.45) is 8.12. The van der Waals surface area contributed by atoms with Crippen LogP contribution in [0.15, 0.2) is 35.9 Å². The number of alkyl carbamates (subject to hydrolysis) is 1. The molecule has 1 aromatic carbocycles. The number of likely N-dealkylation sites (N-methyl/N-ethyl adjacent to an activating group) is 1. The molecule has 2 saturated heterocycles. The minimum absolute atomic E-state index is 0.00928. The van der Waals surface area contributed by atoms with Crippen LogP contribution >= 0.6 is 23.4 Å². The number of Topliss-reactive ketones (excluding diaryl/α,β-unsaturated/α-hetero) is 2. The number of halogens is 1. The Bertz CT molecular complexity index is 2480. The van der Waals surface area contributed by atoms with Crippen molar-refractivity contribution in [1.82, 2.24) is 20.9 Å². The number of carboxylic acid groups (broad SMARTS) is 1. The SMILES string of the molecule is CCC(=O)NC(CCCCCC(=O)C1CCC(CNC(=O)CC(SCCC(=O)N(C)[C@@H](C)C(=O)O[C@H]2CC(=O)N(C)c3cc(cc(C)c3Cl)C/C(C)=C/C=C/[C@H](C)[C@@]3(O)CC(OC(=O)N3)[C@@H](C)[C@@H]3O[C@@]23C)C(=O)O)CC1)C(C)=O. The number of aliphatic carboxylic acids is 1. The molecular formula is C58H84ClN5O14S. The fourth-order valence-corrected chi connectivity index (χ4v) is 12.0. The zero-order valence-electron chi connectivity index (χ0n) is 47.7. The van der Waals surface area contributed by atoms with Crippen molar-refractivity contribution in [3.05, 3.63) is 52.1 Å². The number of fused-ring (bicyclic) bond motifs is 5. The lowest BCUT2D eigenvalue weighted by Crippen LogP contribution is -2.60. The Morgan fingerprint density at radius 2 is 1.72 bits per heavy atom. The van der Waals surface area contributed by atoms with E-state index in [1.165, 1.54) is 30.7 Å². The van der Waals surface area contributed by atoms with Gasteiger partial charge in [0.15, 0.2) is 5.78 Å². The number of nitrogens with zero attached hydrogens (tertiary/aromatic N) is 2. The lowest BCUT2D eigenvalue weighted by Gasteiger charge is -2.41. The van der Waals surface area contributed by atoms with Crippen LogP contribution in [0.2, 0.25) is 5.02 Å². The predicted molar refractivity (Wildman–Crippen MR) is 300 cm³/mol. The number of unbranched alkanes of at least 4 members (excludes halogenated alkanes) is 2. The molecule has 0 radical (unpaired) electrons. The second-order valence-corrected chi connectivity index (χ2v) is 24.2. The molecule has 5 rings (SSSR count). The second kappa shape index (κ2) is 28.9. The molecule has 3 aliphatic heterocycles. The Balaban J connectivity index is 1.14. The number of hydrogen-bond acceptors (Lipinski definition) is 14. The second-order valence-electron chi connectivity index (χ2n) is 22.5. The largest absolute Gasteiger partial charge is 0.480 e. The first-order valence-corrected chi connectivity index (χ1v) is 29.3. The Labute approximate surface area is 474 Å². The maximum absolute atomic E-state index is 14.3. The molecule has 438 valence electrons. The van der Waals surface area contributed by atoms with Gasteiger partial charge in [-0.2, -0.15) is 0 Å². The van der Waals surface area contributed by atoms with Crippen LogP contribution in [-0.2, 0) is 59.0 Å². The van der Waals surface area contributed by atoms with Gasteiger partial charge in [0.05, 0.1) is 29.3 Å². The van der Waals surface area contributed by atoms with Gasteiger partial charge in [-0.05, 0) is 103 Å². The maximum atomic E-state index is 14.3. The van der Waals surface area contributed by atoms with Gasteiger partial charge in [-0.3, -0.25) is 38.9 Å². The highest BCUT2D eigenvalue weighted by atomic mass is 35.5. The van der Waals surface area contributed by atoms with Crippen molar-refractivity contribution in [3.63, 3.8) is 0 Å². The van der Waals surface area contributed by atoms with Crippen molar-refractivity contribution < 1.29 is 67.6 Å². The number of nitrogens with one attached hydrogen (secondary N) is 3. The Morgan fingerprint density at radius 3 is 2.38 bits per heavy atom. The summed E-state index contributed by atoms with van der Waals surface area (Å²) in [5.74, 6) is -4.42. The van der Waals surface area contributed by atoms with Gasteiger partial charge in [-0.1, -0.05) is 75.1 Å². The number of esters is 1. The van der Waals surface area contributed by atoms with E-state index in [9.17, 15) is 53.4 Å². The minimum Gasteiger partial charge on any atom is -0.480 e. The molecule has 5 N–H and O–H groups in total. The van der Waals surface area contributed by atoms with Crippen LogP contribution in [0.5, 0.6) is 0 Å². The van der Waals surface area contributed by atoms with Crippen molar-refractivity contribution >= 4 is 82.3 Å². The average molecular weight is 1140 g/mol. The number of allylic oxidation sites excluding steroid dienone is 3. The van der Waals surface area contributed by atoms with E-state index in [-0.39, 0.29) is 60.7 Å². The van der Waals surface area contributed by atoms with Crippen LogP contribution in [0.1, 0.15) is 149 Å². The van der Waals surface area contributed by atoms with Gasteiger partial charge in [-0.15, -0.1) is 11.8 Å². The van der Waals surface area contributed by atoms with E-state index in [0.717, 1.165) is 54.1 Å². The van der Waals surface area contributed by atoms with E-state index in [0.29, 0.717) is 62.2 Å². The van der Waals surface area contributed by atoms with Gasteiger partial charge >= 0.3 is 18.0 Å². The number of carbonyl (C=O) groups is 9. The summed E-state index contributed by atoms with van der Waals surface area (Å²) in [6.45, 7) is 14.1. The number of hydrogen-bond donors (Lipinski definition) is 5. The van der Waals surface area contributed by atoms with Crippen LogP contribution in [-0.4, -0.2) is 142 Å². The highest BCUT2D eigenvalue weighted by molar-refractivity contribution is 8.00. The van der Waals surface area contributed by atoms with Crippen molar-refractivity contribution in [2.24, 2.45) is 23.7 Å². The average Bonchev–Trinajstić information content (AvgIpc) is 4.22. The molecule has 3 heterocycles. The molecule has 1 saturated carbocycles. The Morgan fingerprint density at radius 1 is 1.03 bits per heavy atom. The number of ether oxygens (including phenoxy) is 3. The topological polar surface area (TPSA) is 268 Å². The summed E-state index contributed by atoms with van der Waals surface area (Å²) in [7, 11) is 3.00. The number of benzene rings is 1. The molecule has 0 aromatic heterocycles. The zero-order chi connectivity index (χ0) is 58.5. The van der Waals surface area contributed by atoms with Crippen molar-refractivity contribution in [2.75, 3.05) is 31.3 Å². The van der Waals surface area contributed by atoms with Gasteiger partial charge in [0.2, 0.25) is 23.6 Å². The number of thioether (sulfide) groups is 1. The van der Waals surface area contributed by atoms with Gasteiger partial charge in [0.1, 0.15) is 40.6 Å². The number of aryl methyl sites for hydroxylation is 1. The predicted octanol–water partition coefficient (Wildman–Crippen LogP) is 7.33. The molecule has 3 fully saturated rings. The van der Waals surface area contributed by atoms with Crippen LogP contribution < -0.4 is 20.9 Å². The van der Waals surface area contributed by atoms with Crippen LogP contribution in [0.3, 0.4) is 0 Å². The van der Waals surface area contributed by atoms with Crippen molar-refractivity contribution in [3.8, 4) is 0 Å². The quantitative estimate of drug-likeness (QED) is 0.0432. The highest BCUT2D eigenvalue weighted by Gasteiger charge is 2.64. The molecule has 3 unspecified atom stereocenters. The van der Waals surface area contributed by atoms with E-state index in [2.05, 4.69) is 16.0 Å². The first kappa shape index (κ1) is 64.5. The molecule has 19 nitrogen and oxygen atoms in total. The van der Waals surface area contributed by atoms with Crippen LogP contribution in [0.25, 0.3) is 0 Å². The third-order valence-electron chi connectivity index (χ3n) is 16.4. The normalized spacial score (nSPS) is 28.4. The molecule has 10 atom stereocenters. The van der Waals surface area contributed by atoms with E-state index < -0.39 is 94.6 Å². The molecular weight excluding hydrogens is 1060 g/mol. The number of carbonyl (C=O) groups excluding carboxylic acids is 8. The fourth-order valence-electron chi connectivity index (χ4n) is 10.7. The number of ketones is 2. The molecule has 1 aromatic rings. The molecule has 5 amide bonds. The lowest BCUT2D eigenvalue weighted by molar-refractivity contribution is -0.162. The van der Waals surface area contributed by atoms with Crippen LogP contribution in [0.4, 0.5) is 10.5 Å². The number of amides is 5. The zero-order valence-corrected chi connectivity index (χ0v) is 49.2. The molecule has 4 bridgehead atoms. The summed E-state index contributed by atoms with van der Waals surface area (Å²) < 4.78 is 18.2. The summed E-state index contributed by atoms with van der Waals surface area (Å²) in [4.78, 5) is 119. The van der Waals surface area contributed by atoms with E-state index >= 15 is 0 Å². The molecule has 79 heavy (non-hydrogen) atoms. The first-order chi connectivity index (χ1) is 37.2. The molecule has 21 heteroatoms. The van der Waals surface area contributed by atoms with Gasteiger partial charge in [-0.25, -0.2) is 9.59 Å². The van der Waals surface area contributed by atoms with E-state index in [1.54, 1.807) is 34.7 Å². The van der Waals surface area contributed by atoms with Gasteiger partial charge < -0.3 is 44.9 Å². The first-order valence-electron chi connectivity index (χ1n) is 27.9. The van der Waals surface area contributed by atoms with E-state index in [1.807, 2.05) is 44.2 Å². The molecule has 0 spiro atoms. The van der Waals surface area contributed by atoms with Gasteiger partial charge in [0, 0.05) is 76.3 Å². The lowest BCUT2D eigenvalue weighted by atomic mass is 9.79. The summed E-state index contributed by atoms with van der Waals surface area (Å²) >= 11 is 7.77. The summed E-state index contributed by atoms with van der Waals surface area (Å²) in [6, 6.07) is 2.11. The Hall–Kier alpha value is -5.31. The minimum atomic E-state index is -1.67. The Kier molecular flexibility index (Phi) is 23.6. The molecule has 1 aliphatic carbocycles. The van der Waals surface area contributed by atoms with Crippen LogP contribution in [0, 0.1) is 30.6 Å². The summed E-state index contributed by atoms with van der Waals surface area (Å²) in [5, 5.41) is 29.2. The standard InChI is InChI=1S/C58H84ClN5O14S/c1-11-48(67)61-42(38(7)65)18-13-12-14-19-44(66)41-22-20-39(21-23-41)32-60-49(68)29-46(54(71)72)79-25-24-50(69)63(9)37(6)55(73)77-47-30-51(70)64(10)43-28-40(27-34(3)52(43)59)26-33(2)16-15-17-35(4)58(75)31-45(76-56(74)62-58)36(5)53-57(47,8)78-53/h15-17,27-28,35-37,39,41-42,45-47,53,75H,11-14,18-26,29-32H2,1-10H3,(H,60,68)(H,61,67)(H,62,74)(H,71,72)/b17-15+,33-16+/t35-,36+,37-,39?,41?,42?,45?,46?,47-,53-,57-,58-/m0/s1. The third kappa shape index (κ3) is 17.8. The van der Waals surface area contributed by atoms with Crippen molar-refractivity contribution in [2.45, 2.75) is 199 Å². The number of rotatable bonds is 22. The van der Waals surface area contributed by atoms with Gasteiger partial charge in [0.25, 0.3) is 0 Å².